The number of amides is 1. The predicted molar refractivity (Wildman–Crippen MR) is 112 cm³/mol. The molecule has 0 unspecified atom stereocenters. The van der Waals surface area contributed by atoms with Crippen molar-refractivity contribution in [2.75, 3.05) is 25.0 Å². The molecule has 1 N–H and O–H groups in total. The van der Waals surface area contributed by atoms with Gasteiger partial charge in [-0.05, 0) is 73.5 Å². The highest BCUT2D eigenvalue weighted by molar-refractivity contribution is 5.94. The van der Waals surface area contributed by atoms with E-state index in [4.69, 9.17) is 0 Å². The number of likely N-dealkylation sites (tertiary alicyclic amines) is 1. The van der Waals surface area contributed by atoms with Gasteiger partial charge in [-0.1, -0.05) is 48.6 Å². The number of hydrogen-bond donors (Lipinski definition) is 1. The lowest BCUT2D eigenvalue weighted by atomic mass is 9.90. The Morgan fingerprint density at radius 2 is 1.85 bits per heavy atom. The van der Waals surface area contributed by atoms with Crippen molar-refractivity contribution in [3.63, 3.8) is 0 Å². The van der Waals surface area contributed by atoms with E-state index in [0.717, 1.165) is 24.6 Å². The molecule has 0 bridgehead atoms. The van der Waals surface area contributed by atoms with Gasteiger partial charge in [0.25, 0.3) is 0 Å². The van der Waals surface area contributed by atoms with Gasteiger partial charge in [0.2, 0.25) is 5.91 Å². The van der Waals surface area contributed by atoms with E-state index in [9.17, 15) is 4.79 Å². The van der Waals surface area contributed by atoms with Crippen molar-refractivity contribution in [3.8, 4) is 0 Å². The van der Waals surface area contributed by atoms with Crippen LogP contribution < -0.4 is 5.32 Å². The Hall–Kier alpha value is -2.39. The van der Waals surface area contributed by atoms with Gasteiger partial charge in [-0.15, -0.1) is 0 Å². The summed E-state index contributed by atoms with van der Waals surface area (Å²) in [4.78, 5) is 14.0. The Kier molecular flexibility index (Phi) is 5.69. The zero-order chi connectivity index (χ0) is 18.5. The average molecular weight is 361 g/mol. The number of hydrogen-bond acceptors (Lipinski definition) is 2. The van der Waals surface area contributed by atoms with Gasteiger partial charge in [-0.3, -0.25) is 9.69 Å². The number of nitrogens with one attached hydrogen (secondary N) is 1. The Bertz CT molecular complexity index is 804. The molecule has 0 radical (unpaired) electrons. The summed E-state index contributed by atoms with van der Waals surface area (Å²) in [6, 6.07) is 17.2. The summed E-state index contributed by atoms with van der Waals surface area (Å²) in [7, 11) is 0. The summed E-state index contributed by atoms with van der Waals surface area (Å²) in [6.45, 7) is 3.40. The van der Waals surface area contributed by atoms with Crippen molar-refractivity contribution in [2.45, 2.75) is 32.1 Å². The van der Waals surface area contributed by atoms with E-state index in [1.807, 2.05) is 6.07 Å². The molecule has 0 aromatic heterocycles. The Labute approximate surface area is 162 Å². The van der Waals surface area contributed by atoms with Crippen molar-refractivity contribution in [2.24, 2.45) is 5.92 Å². The first kappa shape index (κ1) is 18.0. The minimum Gasteiger partial charge on any atom is -0.326 e. The largest absolute Gasteiger partial charge is 0.326 e. The molecule has 2 heterocycles. The van der Waals surface area contributed by atoms with Gasteiger partial charge < -0.3 is 5.32 Å². The van der Waals surface area contributed by atoms with Crippen LogP contribution >= 0.6 is 0 Å². The lowest BCUT2D eigenvalue weighted by Gasteiger charge is -2.31. The molecule has 140 valence electrons. The zero-order valence-electron chi connectivity index (χ0n) is 15.9. The maximum absolute atomic E-state index is 11.5. The molecule has 1 amide bonds. The summed E-state index contributed by atoms with van der Waals surface area (Å²) in [5, 5.41) is 2.95. The molecule has 4 rings (SSSR count). The Balaban J connectivity index is 1.25. The van der Waals surface area contributed by atoms with E-state index >= 15 is 0 Å². The number of piperidine rings is 1. The normalized spacial score (nSPS) is 18.4. The van der Waals surface area contributed by atoms with Crippen LogP contribution in [0.2, 0.25) is 0 Å². The number of rotatable bonds is 5. The Morgan fingerprint density at radius 1 is 1.04 bits per heavy atom. The monoisotopic (exact) mass is 360 g/mol. The number of fused-ring (bicyclic) bond motifs is 1. The third-order valence-electron chi connectivity index (χ3n) is 5.77. The lowest BCUT2D eigenvalue weighted by Crippen LogP contribution is -2.34. The number of carbonyl (C=O) groups is 1. The number of nitrogens with zero attached hydrogens (tertiary/aromatic N) is 1. The van der Waals surface area contributed by atoms with E-state index < -0.39 is 0 Å². The number of carbonyl (C=O) groups excluding carboxylic acids is 1. The average Bonchev–Trinajstić information content (AvgIpc) is 2.70. The molecule has 2 aromatic rings. The van der Waals surface area contributed by atoms with Gasteiger partial charge in [0.1, 0.15) is 0 Å². The molecule has 2 aromatic carbocycles. The van der Waals surface area contributed by atoms with Gasteiger partial charge >= 0.3 is 0 Å². The minimum atomic E-state index is 0.126. The highest BCUT2D eigenvalue weighted by atomic mass is 16.1. The van der Waals surface area contributed by atoms with Crippen LogP contribution in [0.1, 0.15) is 36.0 Å². The van der Waals surface area contributed by atoms with Crippen LogP contribution in [-0.2, 0) is 17.6 Å². The van der Waals surface area contributed by atoms with Crippen molar-refractivity contribution in [1.82, 2.24) is 4.90 Å². The lowest BCUT2D eigenvalue weighted by molar-refractivity contribution is -0.116. The second-order valence-corrected chi connectivity index (χ2v) is 7.80. The predicted octanol–water partition coefficient (Wildman–Crippen LogP) is 4.54. The van der Waals surface area contributed by atoms with Gasteiger partial charge in [-0.2, -0.15) is 0 Å². The summed E-state index contributed by atoms with van der Waals surface area (Å²) >= 11 is 0. The molecule has 2 aliphatic rings. The molecule has 27 heavy (non-hydrogen) atoms. The molecular weight excluding hydrogens is 332 g/mol. The standard InChI is InChI=1S/C24H28N2O/c27-24-11-9-22-18-20(8-10-23(22)25-24)7-4-14-26-15-12-21(13-16-26)17-19-5-2-1-3-6-19/h1-8,10,18,21H,9,11-17H2,(H,25,27)/b7-4+. The van der Waals surface area contributed by atoms with Gasteiger partial charge in [0.15, 0.2) is 0 Å². The van der Waals surface area contributed by atoms with Crippen LogP contribution in [0.4, 0.5) is 5.69 Å². The number of benzene rings is 2. The van der Waals surface area contributed by atoms with Gasteiger partial charge in [0.05, 0.1) is 0 Å². The zero-order valence-corrected chi connectivity index (χ0v) is 15.9. The van der Waals surface area contributed by atoms with E-state index in [0.29, 0.717) is 6.42 Å². The van der Waals surface area contributed by atoms with Crippen LogP contribution in [0.3, 0.4) is 0 Å². The molecule has 0 atom stereocenters. The van der Waals surface area contributed by atoms with Crippen molar-refractivity contribution in [3.05, 3.63) is 71.3 Å². The second-order valence-electron chi connectivity index (χ2n) is 7.80. The fourth-order valence-corrected chi connectivity index (χ4v) is 4.17. The van der Waals surface area contributed by atoms with E-state index in [2.05, 4.69) is 64.8 Å². The molecular formula is C24H28N2O. The molecule has 0 aliphatic carbocycles. The van der Waals surface area contributed by atoms with Crippen LogP contribution in [0.15, 0.2) is 54.6 Å². The summed E-state index contributed by atoms with van der Waals surface area (Å²) < 4.78 is 0. The molecule has 1 saturated heterocycles. The summed E-state index contributed by atoms with van der Waals surface area (Å²) in [5.41, 5.74) is 4.92. The fraction of sp³-hybridized carbons (Fsp3) is 0.375. The molecule has 0 spiro atoms. The Morgan fingerprint density at radius 3 is 2.67 bits per heavy atom. The van der Waals surface area contributed by atoms with Crippen molar-refractivity contribution >= 4 is 17.7 Å². The van der Waals surface area contributed by atoms with Crippen molar-refractivity contribution < 1.29 is 4.79 Å². The summed E-state index contributed by atoms with van der Waals surface area (Å²) in [6.07, 6.45) is 9.74. The quantitative estimate of drug-likeness (QED) is 0.849. The molecule has 2 aliphatic heterocycles. The molecule has 0 saturated carbocycles. The van der Waals surface area contributed by atoms with Gasteiger partial charge in [-0.25, -0.2) is 0 Å². The SMILES string of the molecule is O=C1CCc2cc(/C=C/CN3CCC(Cc4ccccc4)CC3)ccc2N1. The van der Waals surface area contributed by atoms with E-state index in [1.165, 1.54) is 49.0 Å². The smallest absolute Gasteiger partial charge is 0.224 e. The number of anilines is 1. The van der Waals surface area contributed by atoms with Crippen LogP contribution in [0.5, 0.6) is 0 Å². The van der Waals surface area contributed by atoms with E-state index in [1.54, 1.807) is 0 Å². The third-order valence-corrected chi connectivity index (χ3v) is 5.77. The highest BCUT2D eigenvalue weighted by Gasteiger charge is 2.18. The second kappa shape index (κ2) is 8.53. The topological polar surface area (TPSA) is 32.3 Å². The first-order valence-corrected chi connectivity index (χ1v) is 10.1. The molecule has 1 fully saturated rings. The minimum absolute atomic E-state index is 0.126. The maximum atomic E-state index is 11.5. The van der Waals surface area contributed by atoms with Crippen molar-refractivity contribution in [1.29, 1.82) is 0 Å². The fourth-order valence-electron chi connectivity index (χ4n) is 4.17. The first-order chi connectivity index (χ1) is 13.3. The van der Waals surface area contributed by atoms with Gasteiger partial charge in [0, 0.05) is 18.7 Å². The highest BCUT2D eigenvalue weighted by Crippen LogP contribution is 2.24. The summed E-state index contributed by atoms with van der Waals surface area (Å²) in [5.74, 6) is 0.949. The van der Waals surface area contributed by atoms with Crippen LogP contribution in [0, 0.1) is 5.92 Å². The van der Waals surface area contributed by atoms with E-state index in [-0.39, 0.29) is 5.91 Å². The maximum Gasteiger partial charge on any atom is 0.224 e. The third kappa shape index (κ3) is 4.86. The molecule has 3 nitrogen and oxygen atoms in total. The van der Waals surface area contributed by atoms with Crippen LogP contribution in [0.25, 0.3) is 6.08 Å². The molecule has 3 heteroatoms. The van der Waals surface area contributed by atoms with Crippen LogP contribution in [-0.4, -0.2) is 30.4 Å². The number of aryl methyl sites for hydroxylation is 1. The first-order valence-electron chi connectivity index (χ1n) is 10.1.